The Kier molecular flexibility index (Phi) is 3.54. The molecule has 2 atom stereocenters. The second-order valence-corrected chi connectivity index (χ2v) is 3.61. The summed E-state index contributed by atoms with van der Waals surface area (Å²) in [6.07, 6.45) is -0.340. The van der Waals surface area contributed by atoms with Crippen LogP contribution in [0, 0.1) is 0 Å². The molecule has 1 heterocycles. The number of hydrogen-bond acceptors (Lipinski definition) is 4. The van der Waals surface area contributed by atoms with Gasteiger partial charge in [0.1, 0.15) is 0 Å². The molecule has 1 saturated heterocycles. The Morgan fingerprint density at radius 1 is 1.44 bits per heavy atom. The van der Waals surface area contributed by atoms with E-state index < -0.39 is 0 Å². The van der Waals surface area contributed by atoms with Gasteiger partial charge in [-0.05, 0) is 0 Å². The number of esters is 1. The van der Waals surface area contributed by atoms with E-state index >= 15 is 0 Å². The van der Waals surface area contributed by atoms with Gasteiger partial charge < -0.3 is 14.2 Å². The zero-order valence-corrected chi connectivity index (χ0v) is 9.09. The van der Waals surface area contributed by atoms with Gasteiger partial charge in [0.05, 0.1) is 26.2 Å². The summed E-state index contributed by atoms with van der Waals surface area (Å²) >= 11 is 0. The van der Waals surface area contributed by atoms with Crippen molar-refractivity contribution >= 4 is 5.97 Å². The van der Waals surface area contributed by atoms with Crippen molar-refractivity contribution in [3.8, 4) is 0 Å². The lowest BCUT2D eigenvalue weighted by molar-refractivity contribution is -0.143. The fourth-order valence-electron chi connectivity index (χ4n) is 1.61. The van der Waals surface area contributed by atoms with Crippen molar-refractivity contribution in [3.63, 3.8) is 0 Å². The molecule has 0 spiro atoms. The molecule has 16 heavy (non-hydrogen) atoms. The fourth-order valence-corrected chi connectivity index (χ4v) is 1.61. The Morgan fingerprint density at radius 2 is 2.19 bits per heavy atom. The lowest BCUT2D eigenvalue weighted by Crippen LogP contribution is -2.16. The first-order valence-corrected chi connectivity index (χ1v) is 5.18. The molecule has 0 N–H and O–H groups in total. The molecule has 1 fully saturated rings. The summed E-state index contributed by atoms with van der Waals surface area (Å²) in [5, 5.41) is 0. The van der Waals surface area contributed by atoms with E-state index in [1.807, 2.05) is 30.3 Å². The van der Waals surface area contributed by atoms with Gasteiger partial charge in [-0.15, -0.1) is 0 Å². The lowest BCUT2D eigenvalue weighted by Gasteiger charge is -2.10. The van der Waals surface area contributed by atoms with Crippen molar-refractivity contribution in [1.29, 1.82) is 0 Å². The van der Waals surface area contributed by atoms with Crippen LogP contribution in [-0.4, -0.2) is 25.8 Å². The highest BCUT2D eigenvalue weighted by Crippen LogP contribution is 2.27. The highest BCUT2D eigenvalue weighted by Gasteiger charge is 2.28. The zero-order valence-electron chi connectivity index (χ0n) is 9.09. The van der Waals surface area contributed by atoms with E-state index in [2.05, 4.69) is 4.74 Å². The van der Waals surface area contributed by atoms with Crippen LogP contribution in [0.4, 0.5) is 0 Å². The molecule has 0 bridgehead atoms. The van der Waals surface area contributed by atoms with Crippen molar-refractivity contribution in [1.82, 2.24) is 0 Å². The molecule has 4 nitrogen and oxygen atoms in total. The van der Waals surface area contributed by atoms with Crippen molar-refractivity contribution in [3.05, 3.63) is 35.9 Å². The first-order chi connectivity index (χ1) is 7.79. The Balaban J connectivity index is 1.91. The van der Waals surface area contributed by atoms with Crippen molar-refractivity contribution < 1.29 is 19.0 Å². The van der Waals surface area contributed by atoms with Crippen LogP contribution in [0.2, 0.25) is 0 Å². The predicted octanol–water partition coefficient (Wildman–Crippen LogP) is 1.66. The van der Waals surface area contributed by atoms with Gasteiger partial charge in [0.25, 0.3) is 0 Å². The average Bonchev–Trinajstić information content (AvgIpc) is 2.78. The largest absolute Gasteiger partial charge is 0.469 e. The maximum absolute atomic E-state index is 11.1. The minimum absolute atomic E-state index is 0.211. The number of carbonyl (C=O) groups is 1. The van der Waals surface area contributed by atoms with E-state index in [0.717, 1.165) is 5.56 Å². The third-order valence-electron chi connectivity index (χ3n) is 2.44. The molecule has 0 amide bonds. The van der Waals surface area contributed by atoms with Gasteiger partial charge in [0.2, 0.25) is 0 Å². The molecule has 0 aromatic heterocycles. The second-order valence-electron chi connectivity index (χ2n) is 3.61. The van der Waals surface area contributed by atoms with Gasteiger partial charge in [-0.25, -0.2) is 0 Å². The van der Waals surface area contributed by atoms with Crippen LogP contribution in [0.3, 0.4) is 0 Å². The normalized spacial score (nSPS) is 24.3. The maximum atomic E-state index is 11.1. The molecule has 1 aromatic carbocycles. The summed E-state index contributed by atoms with van der Waals surface area (Å²) in [5.41, 5.74) is 0.967. The minimum atomic E-state index is -0.365. The highest BCUT2D eigenvalue weighted by molar-refractivity contribution is 5.69. The van der Waals surface area contributed by atoms with Crippen LogP contribution in [0.25, 0.3) is 0 Å². The summed E-state index contributed by atoms with van der Waals surface area (Å²) in [7, 11) is 1.37. The molecule has 1 aliphatic rings. The van der Waals surface area contributed by atoms with Crippen molar-refractivity contribution in [2.45, 2.75) is 18.8 Å². The third-order valence-corrected chi connectivity index (χ3v) is 2.44. The molecule has 0 aliphatic carbocycles. The molecule has 1 aromatic rings. The molecular weight excluding hydrogens is 208 g/mol. The van der Waals surface area contributed by atoms with Crippen molar-refractivity contribution in [2.24, 2.45) is 0 Å². The molecule has 0 unspecified atom stereocenters. The van der Waals surface area contributed by atoms with E-state index in [-0.39, 0.29) is 24.8 Å². The SMILES string of the molecule is COC(=O)C[C@H]1CO[C@H](c2ccccc2)O1. The standard InChI is InChI=1S/C12H14O4/c1-14-11(13)7-10-8-15-12(16-10)9-5-3-2-4-6-9/h2-6,10,12H,7-8H2,1H3/t10-,12-/m0/s1. The van der Waals surface area contributed by atoms with Gasteiger partial charge >= 0.3 is 5.97 Å². The predicted molar refractivity (Wildman–Crippen MR) is 56.6 cm³/mol. The maximum Gasteiger partial charge on any atom is 0.308 e. The van der Waals surface area contributed by atoms with Gasteiger partial charge in [0, 0.05) is 5.56 Å². The van der Waals surface area contributed by atoms with E-state index in [9.17, 15) is 4.79 Å². The molecular formula is C12H14O4. The number of hydrogen-bond donors (Lipinski definition) is 0. The topological polar surface area (TPSA) is 44.8 Å². The van der Waals surface area contributed by atoms with Gasteiger partial charge in [-0.2, -0.15) is 0 Å². The number of benzene rings is 1. The van der Waals surface area contributed by atoms with Crippen LogP contribution < -0.4 is 0 Å². The Bertz CT molecular complexity index is 349. The molecule has 0 radical (unpaired) electrons. The first kappa shape index (κ1) is 11.1. The first-order valence-electron chi connectivity index (χ1n) is 5.18. The Hall–Kier alpha value is -1.39. The number of carbonyl (C=O) groups excluding carboxylic acids is 1. The minimum Gasteiger partial charge on any atom is -0.469 e. The van der Waals surface area contributed by atoms with E-state index in [1.54, 1.807) is 0 Å². The van der Waals surface area contributed by atoms with Gasteiger partial charge in [0.15, 0.2) is 6.29 Å². The van der Waals surface area contributed by atoms with E-state index in [0.29, 0.717) is 6.61 Å². The van der Waals surface area contributed by atoms with Gasteiger partial charge in [-0.3, -0.25) is 4.79 Å². The third kappa shape index (κ3) is 2.59. The lowest BCUT2D eigenvalue weighted by atomic mass is 10.2. The van der Waals surface area contributed by atoms with E-state index in [1.165, 1.54) is 7.11 Å². The molecule has 86 valence electrons. The summed E-state index contributed by atoms with van der Waals surface area (Å²) in [4.78, 5) is 11.1. The van der Waals surface area contributed by atoms with Crippen LogP contribution in [0.1, 0.15) is 18.3 Å². The fraction of sp³-hybridized carbons (Fsp3) is 0.417. The Morgan fingerprint density at radius 3 is 2.88 bits per heavy atom. The summed E-state index contributed by atoms with van der Waals surface area (Å²) in [5.74, 6) is -0.276. The summed E-state index contributed by atoms with van der Waals surface area (Å²) < 4.78 is 15.6. The average molecular weight is 222 g/mol. The number of ether oxygens (including phenoxy) is 3. The monoisotopic (exact) mass is 222 g/mol. The second kappa shape index (κ2) is 5.09. The quantitative estimate of drug-likeness (QED) is 0.730. The van der Waals surface area contributed by atoms with Crippen LogP contribution >= 0.6 is 0 Å². The molecule has 2 rings (SSSR count). The highest BCUT2D eigenvalue weighted by atomic mass is 16.7. The van der Waals surface area contributed by atoms with Crippen molar-refractivity contribution in [2.75, 3.05) is 13.7 Å². The molecule has 1 aliphatic heterocycles. The van der Waals surface area contributed by atoms with Crippen LogP contribution in [0.15, 0.2) is 30.3 Å². The smallest absolute Gasteiger partial charge is 0.308 e. The van der Waals surface area contributed by atoms with Crippen LogP contribution in [0.5, 0.6) is 0 Å². The summed E-state index contributed by atoms with van der Waals surface area (Å²) in [6.45, 7) is 0.425. The zero-order chi connectivity index (χ0) is 11.4. The molecule has 0 saturated carbocycles. The number of rotatable bonds is 3. The number of methoxy groups -OCH3 is 1. The molecule has 4 heteroatoms. The summed E-state index contributed by atoms with van der Waals surface area (Å²) in [6, 6.07) is 9.66. The van der Waals surface area contributed by atoms with Crippen LogP contribution in [-0.2, 0) is 19.0 Å². The van der Waals surface area contributed by atoms with E-state index in [4.69, 9.17) is 9.47 Å². The Labute approximate surface area is 94.1 Å². The van der Waals surface area contributed by atoms with Gasteiger partial charge in [-0.1, -0.05) is 30.3 Å².